The van der Waals surface area contributed by atoms with Gasteiger partial charge < -0.3 is 5.73 Å². The second-order valence-electron chi connectivity index (χ2n) is 3.87. The van der Waals surface area contributed by atoms with Crippen LogP contribution in [0.15, 0.2) is 0 Å². The average Bonchev–Trinajstić information content (AvgIpc) is 2.05. The van der Waals surface area contributed by atoms with Gasteiger partial charge in [0, 0.05) is 5.41 Å². The van der Waals surface area contributed by atoms with E-state index >= 15 is 0 Å². The van der Waals surface area contributed by atoms with E-state index in [9.17, 15) is 4.79 Å². The first-order chi connectivity index (χ1) is 5.93. The number of rotatable bonds is 3. The summed E-state index contributed by atoms with van der Waals surface area (Å²) >= 11 is 0. The fraction of sp³-hybridized carbons (Fsp3) is 0.700. The Kier molecular flexibility index (Phi) is 4.62. The molecule has 0 saturated heterocycles. The molecule has 1 unspecified atom stereocenters. The van der Waals surface area contributed by atoms with Crippen LogP contribution in [0.25, 0.3) is 0 Å². The third kappa shape index (κ3) is 4.62. The lowest BCUT2D eigenvalue weighted by Gasteiger charge is -2.14. The van der Waals surface area contributed by atoms with E-state index in [1.807, 2.05) is 6.92 Å². The van der Waals surface area contributed by atoms with Crippen LogP contribution in [0.2, 0.25) is 6.32 Å². The van der Waals surface area contributed by atoms with Gasteiger partial charge in [-0.15, -0.1) is 0 Å². The number of carbonyl (C=O) groups is 1. The van der Waals surface area contributed by atoms with Gasteiger partial charge in [0.1, 0.15) is 7.85 Å². The summed E-state index contributed by atoms with van der Waals surface area (Å²) in [6, 6.07) is 0. The standard InChI is InChI=1S/C10H18BNO/c1-4-8(9(12)13)5-6-10(2,3)7-11/h8H,4,7,11H2,1-3H3,(H2,12,13). The van der Waals surface area contributed by atoms with Gasteiger partial charge in [0.15, 0.2) is 0 Å². The van der Waals surface area contributed by atoms with E-state index in [0.717, 1.165) is 6.32 Å². The highest BCUT2D eigenvalue weighted by Gasteiger charge is 2.13. The fourth-order valence-corrected chi connectivity index (χ4v) is 0.745. The maximum absolute atomic E-state index is 10.9. The number of nitrogens with two attached hydrogens (primary N) is 1. The fourth-order valence-electron chi connectivity index (χ4n) is 0.745. The van der Waals surface area contributed by atoms with E-state index in [-0.39, 0.29) is 17.2 Å². The molecule has 0 fully saturated rings. The lowest BCUT2D eigenvalue weighted by atomic mass is 9.79. The molecule has 0 bridgehead atoms. The Morgan fingerprint density at radius 3 is 2.46 bits per heavy atom. The maximum atomic E-state index is 10.9. The van der Waals surface area contributed by atoms with Gasteiger partial charge in [-0.3, -0.25) is 4.79 Å². The number of carbonyl (C=O) groups excluding carboxylic acids is 1. The Morgan fingerprint density at radius 1 is 1.62 bits per heavy atom. The van der Waals surface area contributed by atoms with Gasteiger partial charge in [0.2, 0.25) is 5.91 Å². The van der Waals surface area contributed by atoms with Gasteiger partial charge in [-0.05, 0) is 20.3 Å². The Balaban J connectivity index is 4.45. The Morgan fingerprint density at radius 2 is 2.15 bits per heavy atom. The quantitative estimate of drug-likeness (QED) is 0.499. The van der Waals surface area contributed by atoms with Crippen molar-refractivity contribution in [3.63, 3.8) is 0 Å². The zero-order valence-corrected chi connectivity index (χ0v) is 8.98. The first-order valence-electron chi connectivity index (χ1n) is 4.75. The summed E-state index contributed by atoms with van der Waals surface area (Å²) in [5, 5.41) is 0. The molecule has 0 aromatic heterocycles. The van der Waals surface area contributed by atoms with Crippen LogP contribution in [0.1, 0.15) is 27.2 Å². The van der Waals surface area contributed by atoms with Crippen molar-refractivity contribution in [3.05, 3.63) is 0 Å². The molecule has 1 amide bonds. The van der Waals surface area contributed by atoms with Crippen molar-refractivity contribution >= 4 is 13.8 Å². The van der Waals surface area contributed by atoms with Crippen molar-refractivity contribution in [2.75, 3.05) is 0 Å². The number of hydrogen-bond acceptors (Lipinski definition) is 1. The molecule has 0 saturated carbocycles. The first-order valence-corrected chi connectivity index (χ1v) is 4.75. The Labute approximate surface area is 81.7 Å². The van der Waals surface area contributed by atoms with Gasteiger partial charge in [0.25, 0.3) is 0 Å². The van der Waals surface area contributed by atoms with Gasteiger partial charge in [-0.2, -0.15) is 0 Å². The molecule has 0 aromatic rings. The summed E-state index contributed by atoms with van der Waals surface area (Å²) in [7, 11) is 2.08. The molecular formula is C10H18BNO. The van der Waals surface area contributed by atoms with Crippen LogP contribution in [0.5, 0.6) is 0 Å². The van der Waals surface area contributed by atoms with Crippen LogP contribution < -0.4 is 5.73 Å². The zero-order valence-electron chi connectivity index (χ0n) is 8.98. The van der Waals surface area contributed by atoms with E-state index in [2.05, 4.69) is 33.5 Å². The summed E-state index contributed by atoms with van der Waals surface area (Å²) in [5.74, 6) is 5.42. The second-order valence-corrected chi connectivity index (χ2v) is 3.87. The van der Waals surface area contributed by atoms with Crippen molar-refractivity contribution in [1.82, 2.24) is 0 Å². The first kappa shape index (κ1) is 12.1. The van der Waals surface area contributed by atoms with E-state index in [4.69, 9.17) is 5.73 Å². The molecule has 3 heteroatoms. The van der Waals surface area contributed by atoms with Crippen molar-refractivity contribution < 1.29 is 4.79 Å². The lowest BCUT2D eigenvalue weighted by molar-refractivity contribution is -0.120. The molecule has 0 rings (SSSR count). The normalized spacial score (nSPS) is 12.8. The summed E-state index contributed by atoms with van der Waals surface area (Å²) in [4.78, 5) is 10.9. The highest BCUT2D eigenvalue weighted by atomic mass is 16.1. The smallest absolute Gasteiger partial charge is 0.232 e. The van der Waals surface area contributed by atoms with Crippen LogP contribution in [-0.2, 0) is 4.79 Å². The molecule has 0 heterocycles. The zero-order chi connectivity index (χ0) is 10.5. The summed E-state index contributed by atoms with van der Waals surface area (Å²) < 4.78 is 0. The van der Waals surface area contributed by atoms with Gasteiger partial charge in [-0.25, -0.2) is 0 Å². The molecule has 0 spiro atoms. The van der Waals surface area contributed by atoms with Crippen LogP contribution in [0.3, 0.4) is 0 Å². The molecule has 1 atom stereocenters. The maximum Gasteiger partial charge on any atom is 0.232 e. The van der Waals surface area contributed by atoms with Crippen LogP contribution >= 0.6 is 0 Å². The Hall–Kier alpha value is -0.905. The predicted molar refractivity (Wildman–Crippen MR) is 57.9 cm³/mol. The minimum atomic E-state index is -0.318. The lowest BCUT2D eigenvalue weighted by Crippen LogP contribution is -2.21. The molecule has 2 nitrogen and oxygen atoms in total. The van der Waals surface area contributed by atoms with E-state index in [0.29, 0.717) is 6.42 Å². The second kappa shape index (κ2) is 4.96. The summed E-state index contributed by atoms with van der Waals surface area (Å²) in [5.41, 5.74) is 5.17. The number of amides is 1. The summed E-state index contributed by atoms with van der Waals surface area (Å²) in [6.45, 7) is 6.05. The molecule has 0 aliphatic heterocycles. The van der Waals surface area contributed by atoms with Crippen LogP contribution in [0.4, 0.5) is 0 Å². The van der Waals surface area contributed by atoms with Gasteiger partial charge in [0.05, 0.1) is 5.92 Å². The monoisotopic (exact) mass is 179 g/mol. The topological polar surface area (TPSA) is 43.1 Å². The van der Waals surface area contributed by atoms with E-state index < -0.39 is 0 Å². The molecule has 0 aromatic carbocycles. The highest BCUT2D eigenvalue weighted by Crippen LogP contribution is 2.17. The van der Waals surface area contributed by atoms with Crippen LogP contribution in [-0.4, -0.2) is 13.8 Å². The Bertz CT molecular complexity index is 237. The molecular weight excluding hydrogens is 161 g/mol. The minimum Gasteiger partial charge on any atom is -0.369 e. The third-order valence-electron chi connectivity index (χ3n) is 2.22. The SMILES string of the molecule is BCC(C)(C)C#CC(CC)C(N)=O. The summed E-state index contributed by atoms with van der Waals surface area (Å²) in [6.07, 6.45) is 1.68. The van der Waals surface area contributed by atoms with Crippen LogP contribution in [0, 0.1) is 23.2 Å². The van der Waals surface area contributed by atoms with Crippen molar-refractivity contribution in [3.8, 4) is 11.8 Å². The molecule has 0 aliphatic carbocycles. The number of hydrogen-bond donors (Lipinski definition) is 1. The van der Waals surface area contributed by atoms with Crippen molar-refractivity contribution in [2.24, 2.45) is 17.1 Å². The van der Waals surface area contributed by atoms with E-state index in [1.165, 1.54) is 0 Å². The van der Waals surface area contributed by atoms with Gasteiger partial charge in [-0.1, -0.05) is 25.1 Å². The highest BCUT2D eigenvalue weighted by molar-refractivity contribution is 6.09. The van der Waals surface area contributed by atoms with Crippen molar-refractivity contribution in [2.45, 2.75) is 33.5 Å². The average molecular weight is 179 g/mol. The molecule has 0 radical (unpaired) electrons. The van der Waals surface area contributed by atoms with Gasteiger partial charge >= 0.3 is 0 Å². The predicted octanol–water partition coefficient (Wildman–Crippen LogP) is 0.579. The number of primary amides is 1. The van der Waals surface area contributed by atoms with Crippen molar-refractivity contribution in [1.29, 1.82) is 0 Å². The third-order valence-corrected chi connectivity index (χ3v) is 2.22. The molecule has 0 aliphatic rings. The molecule has 13 heavy (non-hydrogen) atoms. The molecule has 72 valence electrons. The molecule has 2 N–H and O–H groups in total. The largest absolute Gasteiger partial charge is 0.369 e. The minimum absolute atomic E-state index is 0.0110. The van der Waals surface area contributed by atoms with E-state index in [1.54, 1.807) is 0 Å².